The van der Waals surface area contributed by atoms with E-state index in [1.54, 1.807) is 0 Å². The molecular weight excluding hydrogens is 841 g/mol. The normalized spacial score (nSPS) is 13.4. The van der Waals surface area contributed by atoms with E-state index in [0.29, 0.717) is 11.8 Å². The number of rotatable bonds is 12. The molecule has 54 heavy (non-hydrogen) atoms. The Labute approximate surface area is 339 Å². The standard InChI is InChI=1S/C33H32NO.C16H31NO.Ir/c1-18(2)13-22-11-12-28-25(17-22)31-32(35-28)24-10-8-9-23(30(24)33(31,6)7)26-16-21(5)29-20(4)14-19(3)15-27(29)34-26;1-7-13(8-2)15(17-12(5)6)11-16(18)14(9-3)10-4;/h8,10-12,14-18H,13H2,1-7H3;11-14H,7-10H2,1-6H3,(H,17,18);/q-1;;/p-1. The van der Waals surface area contributed by atoms with Gasteiger partial charge in [-0.25, -0.2) is 0 Å². The first-order valence-corrected chi connectivity index (χ1v) is 20.1. The average molecular weight is 903 g/mol. The fraction of sp³-hybridized carbons (Fsp3) is 0.469. The summed E-state index contributed by atoms with van der Waals surface area (Å²) in [5.41, 5.74) is 13.7. The molecule has 2 aromatic heterocycles. The zero-order valence-corrected chi connectivity index (χ0v) is 37.5. The molecule has 0 aliphatic heterocycles. The quantitative estimate of drug-likeness (QED) is 0.0926. The van der Waals surface area contributed by atoms with Crippen LogP contribution < -0.4 is 0 Å². The van der Waals surface area contributed by atoms with Crippen LogP contribution in [-0.4, -0.2) is 16.8 Å². The van der Waals surface area contributed by atoms with Gasteiger partial charge in [0, 0.05) is 42.4 Å². The summed E-state index contributed by atoms with van der Waals surface area (Å²) >= 11 is 0. The van der Waals surface area contributed by atoms with Gasteiger partial charge in [-0.15, -0.1) is 35.4 Å². The van der Waals surface area contributed by atoms with E-state index in [1.807, 2.05) is 12.1 Å². The summed E-state index contributed by atoms with van der Waals surface area (Å²) in [5, 5.41) is 7.14. The molecule has 0 unspecified atom stereocenters. The topological polar surface area (TPSA) is 57.2 Å². The minimum Gasteiger partial charge on any atom is -0.685 e. The summed E-state index contributed by atoms with van der Waals surface area (Å²) in [4.78, 5) is 17.4. The van der Waals surface area contributed by atoms with Crippen molar-refractivity contribution in [3.05, 3.63) is 105 Å². The molecule has 291 valence electrons. The fourth-order valence-electron chi connectivity index (χ4n) is 8.55. The maximum atomic E-state index is 12.2. The molecule has 0 amide bonds. The number of hydrogen-bond donors (Lipinski definition) is 0. The summed E-state index contributed by atoms with van der Waals surface area (Å²) in [6, 6.07) is 21.4. The molecule has 0 atom stereocenters. The number of allylic oxidation sites excluding steroid dienone is 2. The molecular formula is C49H62IrN2O2-2. The Hall–Kier alpha value is -3.53. The van der Waals surface area contributed by atoms with Crippen LogP contribution in [0.1, 0.15) is 128 Å². The first-order valence-electron chi connectivity index (χ1n) is 20.1. The van der Waals surface area contributed by atoms with E-state index in [-0.39, 0.29) is 43.3 Å². The van der Waals surface area contributed by atoms with Crippen molar-refractivity contribution < 1.29 is 29.3 Å². The van der Waals surface area contributed by atoms with Gasteiger partial charge >= 0.3 is 0 Å². The second kappa shape index (κ2) is 17.9. The van der Waals surface area contributed by atoms with Crippen molar-refractivity contribution in [3.63, 3.8) is 0 Å². The zero-order chi connectivity index (χ0) is 38.8. The largest absolute Gasteiger partial charge is 0.685 e. The van der Waals surface area contributed by atoms with Crippen LogP contribution in [0.25, 0.3) is 49.8 Å². The second-order valence-corrected chi connectivity index (χ2v) is 16.5. The molecule has 0 saturated heterocycles. The smallest absolute Gasteiger partial charge is 0.157 e. The predicted molar refractivity (Wildman–Crippen MR) is 226 cm³/mol. The van der Waals surface area contributed by atoms with Gasteiger partial charge in [0.2, 0.25) is 0 Å². The first kappa shape index (κ1) is 43.2. The molecule has 1 aliphatic rings. The minimum atomic E-state index is -0.216. The summed E-state index contributed by atoms with van der Waals surface area (Å²) < 4.78 is 6.51. The number of hydrogen-bond acceptors (Lipinski definition) is 3. The number of carbonyl (C=O) groups excluding carboxylic acids is 1. The maximum Gasteiger partial charge on any atom is 0.157 e. The van der Waals surface area contributed by atoms with Crippen molar-refractivity contribution in [1.29, 1.82) is 0 Å². The van der Waals surface area contributed by atoms with Gasteiger partial charge in [0.1, 0.15) is 11.3 Å². The SMILES string of the molecule is CCC(CC)C(=O)/C=C(\[N-]C(C)C)C(CC)CC.Cc1cc(C)c2c(C)cc(-c3[c-]ccc4c3C(C)(C)c3c-4oc4ccc(CC(C)C)cc34)nc2c1.[Ir]. The molecule has 0 fully saturated rings. The number of nitrogens with zero attached hydrogens (tertiary/aromatic N) is 2. The van der Waals surface area contributed by atoms with Gasteiger partial charge in [-0.3, -0.25) is 9.78 Å². The molecule has 0 N–H and O–H groups in total. The second-order valence-electron chi connectivity index (χ2n) is 16.5. The van der Waals surface area contributed by atoms with Crippen molar-refractivity contribution in [3.8, 4) is 22.6 Å². The molecule has 6 rings (SSSR count). The van der Waals surface area contributed by atoms with Crippen LogP contribution in [0.2, 0.25) is 0 Å². The number of aryl methyl sites for hydroxylation is 3. The van der Waals surface area contributed by atoms with Crippen LogP contribution in [0.3, 0.4) is 0 Å². The van der Waals surface area contributed by atoms with Gasteiger partial charge in [0.15, 0.2) is 5.78 Å². The van der Waals surface area contributed by atoms with Gasteiger partial charge in [-0.05, 0) is 110 Å². The van der Waals surface area contributed by atoms with Gasteiger partial charge in [0.05, 0.1) is 5.52 Å². The van der Waals surface area contributed by atoms with E-state index in [1.165, 1.54) is 49.7 Å². The molecule has 5 heteroatoms. The van der Waals surface area contributed by atoms with Crippen molar-refractivity contribution in [2.45, 2.75) is 134 Å². The number of ketones is 1. The Morgan fingerprint density at radius 3 is 2.13 bits per heavy atom. The van der Waals surface area contributed by atoms with Crippen LogP contribution >= 0.6 is 0 Å². The molecule has 0 saturated carbocycles. The Bertz CT molecular complexity index is 2130. The van der Waals surface area contributed by atoms with E-state index < -0.39 is 0 Å². The Balaban J connectivity index is 0.000000294. The Morgan fingerprint density at radius 2 is 1.52 bits per heavy atom. The monoisotopic (exact) mass is 903 g/mol. The minimum absolute atomic E-state index is 0. The van der Waals surface area contributed by atoms with Gasteiger partial charge in [-0.2, -0.15) is 5.70 Å². The molecule has 5 aromatic rings. The van der Waals surface area contributed by atoms with Crippen molar-refractivity contribution in [2.24, 2.45) is 17.8 Å². The van der Waals surface area contributed by atoms with E-state index in [0.717, 1.165) is 65.9 Å². The molecule has 1 radical (unpaired) electrons. The summed E-state index contributed by atoms with van der Waals surface area (Å²) in [7, 11) is 0. The number of carbonyl (C=O) groups is 1. The molecule has 4 nitrogen and oxygen atoms in total. The van der Waals surface area contributed by atoms with Crippen LogP contribution in [0.5, 0.6) is 0 Å². The molecule has 3 aromatic carbocycles. The molecule has 2 heterocycles. The van der Waals surface area contributed by atoms with E-state index in [2.05, 4.69) is 144 Å². The number of furan rings is 1. The summed E-state index contributed by atoms with van der Waals surface area (Å²) in [6.45, 7) is 28.3. The Morgan fingerprint density at radius 1 is 0.870 bits per heavy atom. The first-order chi connectivity index (χ1) is 25.1. The zero-order valence-electron chi connectivity index (χ0n) is 35.1. The summed E-state index contributed by atoms with van der Waals surface area (Å²) in [5.74, 6) is 2.46. The number of pyridine rings is 1. The van der Waals surface area contributed by atoms with Crippen LogP contribution in [-0.2, 0) is 36.7 Å². The van der Waals surface area contributed by atoms with Gasteiger partial charge < -0.3 is 9.73 Å². The third-order valence-electron chi connectivity index (χ3n) is 11.1. The molecule has 0 bridgehead atoms. The van der Waals surface area contributed by atoms with E-state index in [9.17, 15) is 4.79 Å². The van der Waals surface area contributed by atoms with Gasteiger partial charge in [0.25, 0.3) is 0 Å². The van der Waals surface area contributed by atoms with Crippen molar-refractivity contribution >= 4 is 27.7 Å². The van der Waals surface area contributed by atoms with Crippen molar-refractivity contribution in [2.75, 3.05) is 0 Å². The molecule has 0 spiro atoms. The Kier molecular flexibility index (Phi) is 14.4. The van der Waals surface area contributed by atoms with E-state index >= 15 is 0 Å². The van der Waals surface area contributed by atoms with E-state index in [4.69, 9.17) is 9.40 Å². The van der Waals surface area contributed by atoms with Crippen LogP contribution in [0.4, 0.5) is 0 Å². The third kappa shape index (κ3) is 8.79. The molecule has 1 aliphatic carbocycles. The third-order valence-corrected chi connectivity index (χ3v) is 11.1. The van der Waals surface area contributed by atoms with Gasteiger partial charge in [-0.1, -0.05) is 106 Å². The number of benzene rings is 3. The average Bonchev–Trinajstić information content (AvgIpc) is 3.58. The van der Waals surface area contributed by atoms with Crippen molar-refractivity contribution in [1.82, 2.24) is 4.98 Å². The van der Waals surface area contributed by atoms with Crippen LogP contribution in [0.15, 0.2) is 64.7 Å². The maximum absolute atomic E-state index is 12.2. The van der Waals surface area contributed by atoms with Crippen LogP contribution in [0, 0.1) is 44.6 Å². The predicted octanol–water partition coefficient (Wildman–Crippen LogP) is 14.0. The number of fused-ring (bicyclic) bond motifs is 6. The number of aromatic nitrogens is 1. The fourth-order valence-corrected chi connectivity index (χ4v) is 8.55. The summed E-state index contributed by atoms with van der Waals surface area (Å²) in [6.07, 6.45) is 6.83.